The highest BCUT2D eigenvalue weighted by atomic mass is 35.5. The third kappa shape index (κ3) is 3.85. The van der Waals surface area contributed by atoms with Crippen LogP contribution in [0.1, 0.15) is 17.5 Å². The van der Waals surface area contributed by atoms with E-state index in [0.29, 0.717) is 29.3 Å². The minimum atomic E-state index is -0.379. The van der Waals surface area contributed by atoms with E-state index in [1.807, 2.05) is 24.3 Å². The Kier molecular flexibility index (Phi) is 4.53. The first-order valence-electron chi connectivity index (χ1n) is 7.21. The lowest BCUT2D eigenvalue weighted by atomic mass is 10.1. The molecule has 1 aliphatic rings. The van der Waals surface area contributed by atoms with E-state index in [4.69, 9.17) is 11.6 Å². The highest BCUT2D eigenvalue weighted by molar-refractivity contribution is 6.30. The molecule has 5 heteroatoms. The molecule has 0 unspecified atom stereocenters. The van der Waals surface area contributed by atoms with Gasteiger partial charge in [0.1, 0.15) is 17.3 Å². The van der Waals surface area contributed by atoms with E-state index < -0.39 is 0 Å². The molecule has 0 atom stereocenters. The molecule has 0 saturated heterocycles. The third-order valence-corrected chi connectivity index (χ3v) is 3.72. The maximum absolute atomic E-state index is 13.6. The van der Waals surface area contributed by atoms with Crippen molar-refractivity contribution in [1.29, 1.82) is 0 Å². The molecule has 0 radical (unpaired) electrons. The lowest BCUT2D eigenvalue weighted by molar-refractivity contribution is -0.115. The van der Waals surface area contributed by atoms with Crippen molar-refractivity contribution in [3.63, 3.8) is 0 Å². The van der Waals surface area contributed by atoms with Crippen LogP contribution in [0.3, 0.4) is 0 Å². The molecular formula is C18H14ClFN2O. The molecule has 0 bridgehead atoms. The van der Waals surface area contributed by atoms with Gasteiger partial charge in [-0.1, -0.05) is 41.9 Å². The van der Waals surface area contributed by atoms with E-state index in [1.165, 1.54) is 12.1 Å². The number of aryl methyl sites for hydroxylation is 1. The highest BCUT2D eigenvalue weighted by Gasteiger charge is 2.20. The number of hydrogen-bond acceptors (Lipinski definition) is 2. The summed E-state index contributed by atoms with van der Waals surface area (Å²) in [6, 6.07) is 13.8. The maximum atomic E-state index is 13.6. The molecule has 0 spiro atoms. The number of hydrogen-bond donors (Lipinski definition) is 1. The summed E-state index contributed by atoms with van der Waals surface area (Å²) in [5.74, 6) is -0.109. The topological polar surface area (TPSA) is 41.5 Å². The van der Waals surface area contributed by atoms with Crippen LogP contribution in [0.25, 0.3) is 6.08 Å². The molecule has 1 heterocycles. The molecule has 0 fully saturated rings. The average Bonchev–Trinajstić information content (AvgIpc) is 2.88. The number of amides is 1. The van der Waals surface area contributed by atoms with E-state index in [-0.39, 0.29) is 17.4 Å². The van der Waals surface area contributed by atoms with Crippen LogP contribution in [-0.4, -0.2) is 11.7 Å². The number of halogens is 2. The molecule has 0 aromatic heterocycles. The Bertz CT molecular complexity index is 814. The Morgan fingerprint density at radius 2 is 1.96 bits per heavy atom. The lowest BCUT2D eigenvalue weighted by Crippen LogP contribution is -2.24. The van der Waals surface area contributed by atoms with Gasteiger partial charge in [0.15, 0.2) is 0 Å². The van der Waals surface area contributed by atoms with Crippen LogP contribution in [0.2, 0.25) is 5.02 Å². The van der Waals surface area contributed by atoms with Gasteiger partial charge in [0, 0.05) is 17.0 Å². The Morgan fingerprint density at radius 1 is 1.13 bits per heavy atom. The van der Waals surface area contributed by atoms with E-state index in [0.717, 1.165) is 5.56 Å². The van der Waals surface area contributed by atoms with Crippen LogP contribution in [0, 0.1) is 5.82 Å². The zero-order valence-corrected chi connectivity index (χ0v) is 13.0. The van der Waals surface area contributed by atoms with Crippen molar-refractivity contribution in [2.45, 2.75) is 12.8 Å². The molecule has 2 aromatic rings. The van der Waals surface area contributed by atoms with Crippen LogP contribution in [0.15, 0.2) is 59.2 Å². The summed E-state index contributed by atoms with van der Waals surface area (Å²) < 4.78 is 13.6. The Morgan fingerprint density at radius 3 is 2.74 bits per heavy atom. The van der Waals surface area contributed by atoms with E-state index in [1.54, 1.807) is 18.2 Å². The standard InChI is InChI=1S/C18H14ClFN2O/c19-14-6-3-4-12(10-14)8-9-17-21-16(18(23)22-17)11-13-5-1-2-7-15(13)20/h1-7,10-11H,8-9H2,(H,21,22,23)/b16-11-. The summed E-state index contributed by atoms with van der Waals surface area (Å²) >= 11 is 5.95. The van der Waals surface area contributed by atoms with Gasteiger partial charge in [-0.15, -0.1) is 0 Å². The summed E-state index contributed by atoms with van der Waals surface area (Å²) in [6.07, 6.45) is 2.75. The smallest absolute Gasteiger partial charge is 0.275 e. The number of nitrogens with one attached hydrogen (secondary N) is 1. The van der Waals surface area contributed by atoms with Gasteiger partial charge in [0.2, 0.25) is 0 Å². The van der Waals surface area contributed by atoms with Crippen LogP contribution in [-0.2, 0) is 11.2 Å². The minimum absolute atomic E-state index is 0.219. The number of amidine groups is 1. The highest BCUT2D eigenvalue weighted by Crippen LogP contribution is 2.17. The van der Waals surface area contributed by atoms with E-state index in [9.17, 15) is 9.18 Å². The molecule has 0 aliphatic carbocycles. The lowest BCUT2D eigenvalue weighted by Gasteiger charge is -2.01. The molecule has 116 valence electrons. The van der Waals surface area contributed by atoms with Crippen molar-refractivity contribution in [2.75, 3.05) is 0 Å². The predicted molar refractivity (Wildman–Crippen MR) is 89.7 cm³/mol. The fourth-order valence-electron chi connectivity index (χ4n) is 2.33. The number of carbonyl (C=O) groups is 1. The average molecular weight is 329 g/mol. The van der Waals surface area contributed by atoms with Crippen LogP contribution >= 0.6 is 11.6 Å². The zero-order valence-electron chi connectivity index (χ0n) is 12.2. The summed E-state index contributed by atoms with van der Waals surface area (Å²) in [7, 11) is 0. The normalized spacial score (nSPS) is 15.7. The second kappa shape index (κ2) is 6.75. The van der Waals surface area contributed by atoms with Gasteiger partial charge in [-0.2, -0.15) is 0 Å². The van der Waals surface area contributed by atoms with Gasteiger partial charge in [0.05, 0.1) is 0 Å². The number of rotatable bonds is 4. The minimum Gasteiger partial charge on any atom is -0.309 e. The predicted octanol–water partition coefficient (Wildman–Crippen LogP) is 3.98. The number of nitrogens with zero attached hydrogens (tertiary/aromatic N) is 1. The molecule has 1 aliphatic heterocycles. The number of benzene rings is 2. The second-order valence-corrected chi connectivity index (χ2v) is 5.63. The Balaban J connectivity index is 1.73. The maximum Gasteiger partial charge on any atom is 0.275 e. The first-order valence-corrected chi connectivity index (χ1v) is 7.59. The van der Waals surface area contributed by atoms with E-state index >= 15 is 0 Å². The van der Waals surface area contributed by atoms with Crippen molar-refractivity contribution in [3.05, 3.63) is 76.2 Å². The molecule has 0 saturated carbocycles. The molecule has 23 heavy (non-hydrogen) atoms. The van der Waals surface area contributed by atoms with E-state index in [2.05, 4.69) is 10.3 Å². The summed E-state index contributed by atoms with van der Waals surface area (Å²) in [5.41, 5.74) is 1.63. The van der Waals surface area contributed by atoms with Gasteiger partial charge in [-0.05, 0) is 36.3 Å². The molecule has 2 aromatic carbocycles. The number of aliphatic imine (C=N–C) groups is 1. The van der Waals surface area contributed by atoms with Crippen molar-refractivity contribution >= 4 is 29.4 Å². The molecule has 1 amide bonds. The van der Waals surface area contributed by atoms with Crippen LogP contribution in [0.5, 0.6) is 0 Å². The first kappa shape index (κ1) is 15.4. The van der Waals surface area contributed by atoms with Gasteiger partial charge < -0.3 is 5.32 Å². The Labute approximate surface area is 138 Å². The van der Waals surface area contributed by atoms with Crippen molar-refractivity contribution < 1.29 is 9.18 Å². The first-order chi connectivity index (χ1) is 11.1. The SMILES string of the molecule is O=C1NC(CCc2cccc(Cl)c2)=N/C1=C\c1ccccc1F. The van der Waals surface area contributed by atoms with Gasteiger partial charge in [-0.3, -0.25) is 4.79 Å². The zero-order chi connectivity index (χ0) is 16.2. The molecule has 1 N–H and O–H groups in total. The molecule has 3 nitrogen and oxygen atoms in total. The van der Waals surface area contributed by atoms with Gasteiger partial charge in [0.25, 0.3) is 5.91 Å². The Hall–Kier alpha value is -2.46. The summed E-state index contributed by atoms with van der Waals surface area (Å²) in [5, 5.41) is 3.40. The quantitative estimate of drug-likeness (QED) is 0.847. The van der Waals surface area contributed by atoms with Gasteiger partial charge in [-0.25, -0.2) is 9.38 Å². The largest absolute Gasteiger partial charge is 0.309 e. The number of carbonyl (C=O) groups excluding carboxylic acids is 1. The summed E-state index contributed by atoms with van der Waals surface area (Å²) in [4.78, 5) is 16.2. The summed E-state index contributed by atoms with van der Waals surface area (Å²) in [6.45, 7) is 0. The third-order valence-electron chi connectivity index (χ3n) is 3.48. The fourth-order valence-corrected chi connectivity index (χ4v) is 2.54. The van der Waals surface area contributed by atoms with Crippen molar-refractivity contribution in [3.8, 4) is 0 Å². The van der Waals surface area contributed by atoms with Crippen LogP contribution in [0.4, 0.5) is 4.39 Å². The fraction of sp³-hybridized carbons (Fsp3) is 0.111. The monoisotopic (exact) mass is 328 g/mol. The molecule has 3 rings (SSSR count). The van der Waals surface area contributed by atoms with Crippen molar-refractivity contribution in [1.82, 2.24) is 5.32 Å². The van der Waals surface area contributed by atoms with Gasteiger partial charge >= 0.3 is 0 Å². The molecular weight excluding hydrogens is 315 g/mol. The second-order valence-electron chi connectivity index (χ2n) is 5.19. The van der Waals surface area contributed by atoms with Crippen molar-refractivity contribution in [2.24, 2.45) is 4.99 Å². The van der Waals surface area contributed by atoms with Crippen LogP contribution < -0.4 is 5.32 Å².